The van der Waals surface area contributed by atoms with E-state index in [-0.39, 0.29) is 11.9 Å². The summed E-state index contributed by atoms with van der Waals surface area (Å²) in [5.74, 6) is -0.832. The molecule has 5 nitrogen and oxygen atoms in total. The first kappa shape index (κ1) is 15.9. The van der Waals surface area contributed by atoms with Gasteiger partial charge in [-0.15, -0.1) is 0 Å². The molecule has 0 saturated carbocycles. The minimum atomic E-state index is -0.839. The Kier molecular flexibility index (Phi) is 5.25. The minimum Gasteiger partial charge on any atom is -0.481 e. The Morgan fingerprint density at radius 2 is 2.24 bits per heavy atom. The molecule has 1 aromatic heterocycles. The molecule has 0 aliphatic carbocycles. The Labute approximate surface area is 128 Å². The number of carbonyl (C=O) groups is 1. The number of imidazole rings is 1. The number of para-hydroxylation sites is 1. The van der Waals surface area contributed by atoms with Crippen molar-refractivity contribution in [2.24, 2.45) is 0 Å². The number of aromatic nitrogens is 2. The van der Waals surface area contributed by atoms with Gasteiger partial charge in [0.1, 0.15) is 0 Å². The van der Waals surface area contributed by atoms with Crippen LogP contribution >= 0.6 is 11.8 Å². The van der Waals surface area contributed by atoms with Gasteiger partial charge in [0.25, 0.3) is 0 Å². The van der Waals surface area contributed by atoms with Gasteiger partial charge in [0, 0.05) is 6.54 Å². The summed E-state index contributed by atoms with van der Waals surface area (Å²) in [6.45, 7) is 7.25. The van der Waals surface area contributed by atoms with Gasteiger partial charge in [-0.25, -0.2) is 4.98 Å². The molecule has 1 N–H and O–H groups in total. The van der Waals surface area contributed by atoms with Gasteiger partial charge >= 0.3 is 5.97 Å². The van der Waals surface area contributed by atoms with E-state index in [1.54, 1.807) is 0 Å². The molecule has 6 heteroatoms. The van der Waals surface area contributed by atoms with Crippen LogP contribution in [-0.4, -0.2) is 39.1 Å². The van der Waals surface area contributed by atoms with Gasteiger partial charge in [-0.05, 0) is 32.4 Å². The van der Waals surface area contributed by atoms with E-state index >= 15 is 0 Å². The Morgan fingerprint density at radius 1 is 1.48 bits per heavy atom. The first-order chi connectivity index (χ1) is 9.99. The predicted molar refractivity (Wildman–Crippen MR) is 83.9 cm³/mol. The Morgan fingerprint density at radius 3 is 2.90 bits per heavy atom. The van der Waals surface area contributed by atoms with Crippen molar-refractivity contribution in [3.8, 4) is 0 Å². The maximum Gasteiger partial charge on any atom is 0.313 e. The Balaban J connectivity index is 2.30. The lowest BCUT2D eigenvalue weighted by Gasteiger charge is -2.11. The molecule has 2 rings (SSSR count). The van der Waals surface area contributed by atoms with Gasteiger partial charge in [0.05, 0.1) is 29.5 Å². The standard InChI is InChI=1S/C15H20N2O3S/c1-10(2)20-8-7-17-12-6-4-5-11(3)14(12)16-15(17)21-9-13(18)19/h4-6,10H,7-9H2,1-3H3,(H,18,19). The van der Waals surface area contributed by atoms with E-state index in [1.165, 1.54) is 11.8 Å². The molecule has 0 fully saturated rings. The van der Waals surface area contributed by atoms with Crippen molar-refractivity contribution >= 4 is 28.8 Å². The van der Waals surface area contributed by atoms with E-state index in [9.17, 15) is 4.79 Å². The van der Waals surface area contributed by atoms with Crippen LogP contribution in [0.3, 0.4) is 0 Å². The number of carboxylic acids is 1. The van der Waals surface area contributed by atoms with Crippen LogP contribution in [0.2, 0.25) is 0 Å². The molecule has 0 atom stereocenters. The molecule has 0 aliphatic rings. The zero-order valence-corrected chi connectivity index (χ0v) is 13.3. The molecule has 2 aromatic rings. The van der Waals surface area contributed by atoms with Crippen LogP contribution in [0.5, 0.6) is 0 Å². The second kappa shape index (κ2) is 6.95. The number of benzene rings is 1. The van der Waals surface area contributed by atoms with E-state index in [0.717, 1.165) is 21.8 Å². The van der Waals surface area contributed by atoms with Gasteiger partial charge in [-0.1, -0.05) is 23.9 Å². The second-order valence-corrected chi connectivity index (χ2v) is 6.03. The maximum atomic E-state index is 10.8. The number of aliphatic carboxylic acids is 1. The monoisotopic (exact) mass is 308 g/mol. The molecular formula is C15H20N2O3S. The molecule has 0 bridgehead atoms. The van der Waals surface area contributed by atoms with Crippen molar-refractivity contribution in [2.45, 2.75) is 38.6 Å². The first-order valence-electron chi connectivity index (χ1n) is 6.91. The third kappa shape index (κ3) is 3.98. The summed E-state index contributed by atoms with van der Waals surface area (Å²) in [7, 11) is 0. The average molecular weight is 308 g/mol. The Bertz CT molecular complexity index is 637. The Hall–Kier alpha value is -1.53. The number of ether oxygens (including phenoxy) is 1. The average Bonchev–Trinajstić information content (AvgIpc) is 2.76. The van der Waals surface area contributed by atoms with Crippen LogP contribution in [0.25, 0.3) is 11.0 Å². The fourth-order valence-corrected chi connectivity index (χ4v) is 2.85. The summed E-state index contributed by atoms with van der Waals surface area (Å²) in [6.07, 6.45) is 0.177. The van der Waals surface area contributed by atoms with E-state index in [0.29, 0.717) is 13.2 Å². The molecular weight excluding hydrogens is 288 g/mol. The van der Waals surface area contributed by atoms with Crippen molar-refractivity contribution in [2.75, 3.05) is 12.4 Å². The minimum absolute atomic E-state index is 0.00735. The van der Waals surface area contributed by atoms with Crippen molar-refractivity contribution in [3.63, 3.8) is 0 Å². The van der Waals surface area contributed by atoms with Gasteiger partial charge in [0.15, 0.2) is 5.16 Å². The van der Waals surface area contributed by atoms with E-state index in [1.807, 2.05) is 43.5 Å². The molecule has 0 unspecified atom stereocenters. The summed E-state index contributed by atoms with van der Waals surface area (Å²) in [5.41, 5.74) is 3.04. The molecule has 0 amide bonds. The quantitative estimate of drug-likeness (QED) is 0.797. The van der Waals surface area contributed by atoms with E-state index < -0.39 is 5.97 Å². The topological polar surface area (TPSA) is 64.3 Å². The molecule has 0 aliphatic heterocycles. The van der Waals surface area contributed by atoms with Crippen molar-refractivity contribution in [1.82, 2.24) is 9.55 Å². The molecule has 114 valence electrons. The smallest absolute Gasteiger partial charge is 0.313 e. The number of fused-ring (bicyclic) bond motifs is 1. The van der Waals surface area contributed by atoms with E-state index in [2.05, 4.69) is 4.98 Å². The summed E-state index contributed by atoms with van der Waals surface area (Å²) in [5, 5.41) is 9.59. The number of aryl methyl sites for hydroxylation is 1. The van der Waals surface area contributed by atoms with Gasteiger partial charge in [-0.3, -0.25) is 4.79 Å². The highest BCUT2D eigenvalue weighted by atomic mass is 32.2. The van der Waals surface area contributed by atoms with Gasteiger partial charge in [0.2, 0.25) is 0 Å². The number of thioether (sulfide) groups is 1. The van der Waals surface area contributed by atoms with Gasteiger partial charge in [-0.2, -0.15) is 0 Å². The lowest BCUT2D eigenvalue weighted by Crippen LogP contribution is -2.11. The SMILES string of the molecule is Cc1cccc2c1nc(SCC(=O)O)n2CCOC(C)C. The van der Waals surface area contributed by atoms with Crippen LogP contribution in [0, 0.1) is 6.92 Å². The zero-order chi connectivity index (χ0) is 15.4. The summed E-state index contributed by atoms with van der Waals surface area (Å²) < 4.78 is 7.64. The number of hydrogen-bond donors (Lipinski definition) is 1. The summed E-state index contributed by atoms with van der Waals surface area (Å²) in [4.78, 5) is 15.4. The molecule has 0 spiro atoms. The number of nitrogens with zero attached hydrogens (tertiary/aromatic N) is 2. The molecule has 1 aromatic carbocycles. The highest BCUT2D eigenvalue weighted by Crippen LogP contribution is 2.26. The van der Waals surface area contributed by atoms with Crippen LogP contribution < -0.4 is 0 Å². The molecule has 0 saturated heterocycles. The highest BCUT2D eigenvalue weighted by Gasteiger charge is 2.14. The zero-order valence-electron chi connectivity index (χ0n) is 12.5. The van der Waals surface area contributed by atoms with Crippen LogP contribution in [0.15, 0.2) is 23.4 Å². The maximum absolute atomic E-state index is 10.8. The number of carboxylic acid groups (broad SMARTS) is 1. The second-order valence-electron chi connectivity index (χ2n) is 5.09. The number of rotatable bonds is 7. The lowest BCUT2D eigenvalue weighted by molar-refractivity contribution is -0.133. The van der Waals surface area contributed by atoms with Crippen molar-refractivity contribution in [1.29, 1.82) is 0 Å². The van der Waals surface area contributed by atoms with Crippen LogP contribution in [0.4, 0.5) is 0 Å². The molecule has 1 heterocycles. The third-order valence-corrected chi connectivity index (χ3v) is 4.00. The van der Waals surface area contributed by atoms with Crippen LogP contribution in [0.1, 0.15) is 19.4 Å². The highest BCUT2D eigenvalue weighted by molar-refractivity contribution is 7.99. The summed E-state index contributed by atoms with van der Waals surface area (Å²) in [6, 6.07) is 6.01. The fourth-order valence-electron chi connectivity index (χ4n) is 2.10. The largest absolute Gasteiger partial charge is 0.481 e. The van der Waals surface area contributed by atoms with Crippen molar-refractivity contribution < 1.29 is 14.6 Å². The third-order valence-electron chi connectivity index (χ3n) is 3.04. The fraction of sp³-hybridized carbons (Fsp3) is 0.467. The lowest BCUT2D eigenvalue weighted by atomic mass is 10.2. The van der Waals surface area contributed by atoms with E-state index in [4.69, 9.17) is 9.84 Å². The van der Waals surface area contributed by atoms with Gasteiger partial charge < -0.3 is 14.4 Å². The van der Waals surface area contributed by atoms with Crippen molar-refractivity contribution in [3.05, 3.63) is 23.8 Å². The normalized spacial score (nSPS) is 11.4. The van der Waals surface area contributed by atoms with Crippen LogP contribution in [-0.2, 0) is 16.1 Å². The first-order valence-corrected chi connectivity index (χ1v) is 7.89. The predicted octanol–water partition coefficient (Wildman–Crippen LogP) is 2.95. The molecule has 0 radical (unpaired) electrons. The molecule has 21 heavy (non-hydrogen) atoms. The number of hydrogen-bond acceptors (Lipinski definition) is 4. The summed E-state index contributed by atoms with van der Waals surface area (Å²) >= 11 is 1.25.